The van der Waals surface area contributed by atoms with E-state index in [9.17, 15) is 9.59 Å². The van der Waals surface area contributed by atoms with Gasteiger partial charge in [-0.1, -0.05) is 13.8 Å². The first kappa shape index (κ1) is 16.7. The Hall–Kier alpha value is -1.14. The summed E-state index contributed by atoms with van der Waals surface area (Å²) in [6, 6.07) is 0. The zero-order chi connectivity index (χ0) is 16.4. The molecule has 3 fully saturated rings. The van der Waals surface area contributed by atoms with Crippen molar-refractivity contribution in [3.05, 3.63) is 0 Å². The molecular formula is C17H28N2O4. The Morgan fingerprint density at radius 2 is 1.91 bits per heavy atom. The van der Waals surface area contributed by atoms with Crippen LogP contribution in [0.15, 0.2) is 0 Å². The summed E-state index contributed by atoms with van der Waals surface area (Å²) in [5, 5.41) is 0. The lowest BCUT2D eigenvalue weighted by atomic mass is 9.84. The number of carbonyl (C=O) groups excluding carboxylic acids is 2. The highest BCUT2D eigenvalue weighted by Gasteiger charge is 2.49. The first-order valence-corrected chi connectivity index (χ1v) is 8.81. The third kappa shape index (κ3) is 3.69. The van der Waals surface area contributed by atoms with E-state index < -0.39 is 0 Å². The van der Waals surface area contributed by atoms with Gasteiger partial charge in [-0.05, 0) is 19.3 Å². The van der Waals surface area contributed by atoms with Crippen molar-refractivity contribution in [3.8, 4) is 0 Å². The number of rotatable bonds is 4. The second-order valence-corrected chi connectivity index (χ2v) is 7.39. The molecule has 0 saturated carbocycles. The normalized spacial score (nSPS) is 26.7. The summed E-state index contributed by atoms with van der Waals surface area (Å²) >= 11 is 0. The molecule has 3 aliphatic rings. The van der Waals surface area contributed by atoms with Gasteiger partial charge in [-0.3, -0.25) is 9.59 Å². The Balaban J connectivity index is 1.44. The summed E-state index contributed by atoms with van der Waals surface area (Å²) in [7, 11) is 0. The van der Waals surface area contributed by atoms with Gasteiger partial charge in [0.1, 0.15) is 12.2 Å². The number of hydrogen-bond acceptors (Lipinski definition) is 4. The molecule has 3 aliphatic heterocycles. The van der Waals surface area contributed by atoms with Crippen LogP contribution in [-0.4, -0.2) is 72.7 Å². The average molecular weight is 324 g/mol. The monoisotopic (exact) mass is 324 g/mol. The van der Waals surface area contributed by atoms with E-state index in [0.717, 1.165) is 38.8 Å². The Morgan fingerprint density at radius 1 is 1.22 bits per heavy atom. The lowest BCUT2D eigenvalue weighted by molar-refractivity contribution is -0.203. The van der Waals surface area contributed by atoms with Gasteiger partial charge in [-0.2, -0.15) is 0 Å². The van der Waals surface area contributed by atoms with Gasteiger partial charge >= 0.3 is 0 Å². The van der Waals surface area contributed by atoms with E-state index in [-0.39, 0.29) is 36.0 Å². The summed E-state index contributed by atoms with van der Waals surface area (Å²) < 4.78 is 11.8. The van der Waals surface area contributed by atoms with Crippen LogP contribution in [0.5, 0.6) is 0 Å². The molecule has 3 saturated heterocycles. The Kier molecular flexibility index (Phi) is 4.92. The fourth-order valence-corrected chi connectivity index (χ4v) is 3.76. The molecule has 2 amide bonds. The van der Waals surface area contributed by atoms with Crippen LogP contribution in [0.1, 0.15) is 39.5 Å². The molecule has 130 valence electrons. The zero-order valence-corrected chi connectivity index (χ0v) is 14.3. The Bertz CT molecular complexity index is 454. The summed E-state index contributed by atoms with van der Waals surface area (Å²) in [5.41, 5.74) is -0.246. The van der Waals surface area contributed by atoms with E-state index in [0.29, 0.717) is 19.7 Å². The molecule has 1 atom stereocenters. The quantitative estimate of drug-likeness (QED) is 0.775. The fourth-order valence-electron chi connectivity index (χ4n) is 3.76. The molecule has 0 radical (unpaired) electrons. The lowest BCUT2D eigenvalue weighted by Crippen LogP contribution is -2.67. The van der Waals surface area contributed by atoms with Crippen molar-refractivity contribution in [2.24, 2.45) is 5.92 Å². The van der Waals surface area contributed by atoms with Gasteiger partial charge in [0, 0.05) is 32.0 Å². The van der Waals surface area contributed by atoms with Crippen LogP contribution in [0, 0.1) is 5.92 Å². The number of ether oxygens (including phenoxy) is 2. The van der Waals surface area contributed by atoms with Crippen LogP contribution in [-0.2, 0) is 19.1 Å². The number of amides is 2. The van der Waals surface area contributed by atoms with Gasteiger partial charge in [0.25, 0.3) is 0 Å². The van der Waals surface area contributed by atoms with Crippen molar-refractivity contribution in [1.29, 1.82) is 0 Å². The highest BCUT2D eigenvalue weighted by atomic mass is 16.5. The topological polar surface area (TPSA) is 59.1 Å². The van der Waals surface area contributed by atoms with Crippen molar-refractivity contribution in [2.75, 3.05) is 39.4 Å². The molecule has 23 heavy (non-hydrogen) atoms. The maximum absolute atomic E-state index is 12.1. The van der Waals surface area contributed by atoms with Crippen LogP contribution >= 0.6 is 0 Å². The second kappa shape index (κ2) is 6.77. The molecule has 6 nitrogen and oxygen atoms in total. The molecule has 6 heteroatoms. The van der Waals surface area contributed by atoms with Gasteiger partial charge in [0.2, 0.25) is 11.8 Å². The number of likely N-dealkylation sites (tertiary alicyclic amines) is 2. The zero-order valence-electron chi connectivity index (χ0n) is 14.3. The van der Waals surface area contributed by atoms with Crippen molar-refractivity contribution < 1.29 is 19.1 Å². The maximum atomic E-state index is 12.1. The number of nitrogens with zero attached hydrogens (tertiary/aromatic N) is 2. The van der Waals surface area contributed by atoms with Crippen LogP contribution < -0.4 is 0 Å². The SMILES string of the molecule is CC(C)C(=O)N1CC2(C[C@H](OCC(=O)N3CCCC3)CCO2)C1. The molecule has 0 aromatic carbocycles. The fraction of sp³-hybridized carbons (Fsp3) is 0.882. The summed E-state index contributed by atoms with van der Waals surface area (Å²) in [5.74, 6) is 0.320. The van der Waals surface area contributed by atoms with Crippen molar-refractivity contribution >= 4 is 11.8 Å². The van der Waals surface area contributed by atoms with Gasteiger partial charge in [0.15, 0.2) is 0 Å². The largest absolute Gasteiger partial charge is 0.371 e. The molecule has 0 aromatic rings. The molecule has 3 heterocycles. The minimum Gasteiger partial charge on any atom is -0.371 e. The highest BCUT2D eigenvalue weighted by molar-refractivity contribution is 5.79. The molecule has 0 N–H and O–H groups in total. The summed E-state index contributed by atoms with van der Waals surface area (Å²) in [4.78, 5) is 27.8. The second-order valence-electron chi connectivity index (χ2n) is 7.39. The third-order valence-electron chi connectivity index (χ3n) is 5.11. The number of carbonyl (C=O) groups is 2. The Morgan fingerprint density at radius 3 is 2.57 bits per heavy atom. The average Bonchev–Trinajstić information content (AvgIpc) is 3.04. The third-order valence-corrected chi connectivity index (χ3v) is 5.11. The van der Waals surface area contributed by atoms with E-state index in [1.165, 1.54) is 0 Å². The highest BCUT2D eigenvalue weighted by Crippen LogP contribution is 2.36. The lowest BCUT2D eigenvalue weighted by Gasteiger charge is -2.53. The van der Waals surface area contributed by atoms with Crippen molar-refractivity contribution in [1.82, 2.24) is 9.80 Å². The minimum atomic E-state index is -0.246. The van der Waals surface area contributed by atoms with Gasteiger partial charge < -0.3 is 19.3 Å². The predicted octanol–water partition coefficient (Wildman–Crippen LogP) is 1.04. The molecule has 0 bridgehead atoms. The maximum Gasteiger partial charge on any atom is 0.248 e. The van der Waals surface area contributed by atoms with Crippen LogP contribution in [0.3, 0.4) is 0 Å². The van der Waals surface area contributed by atoms with Gasteiger partial charge in [0.05, 0.1) is 19.2 Å². The summed E-state index contributed by atoms with van der Waals surface area (Å²) in [6.07, 6.45) is 3.87. The molecule has 0 unspecified atom stereocenters. The van der Waals surface area contributed by atoms with Crippen LogP contribution in [0.2, 0.25) is 0 Å². The summed E-state index contributed by atoms with van der Waals surface area (Å²) in [6.45, 7) is 7.71. The number of hydrogen-bond donors (Lipinski definition) is 0. The van der Waals surface area contributed by atoms with E-state index in [1.807, 2.05) is 23.6 Å². The molecule has 1 spiro atoms. The molecule has 0 aliphatic carbocycles. The predicted molar refractivity (Wildman–Crippen MR) is 84.9 cm³/mol. The van der Waals surface area contributed by atoms with E-state index in [2.05, 4.69) is 0 Å². The van der Waals surface area contributed by atoms with E-state index in [4.69, 9.17) is 9.47 Å². The van der Waals surface area contributed by atoms with Crippen molar-refractivity contribution in [2.45, 2.75) is 51.2 Å². The van der Waals surface area contributed by atoms with Crippen molar-refractivity contribution in [3.63, 3.8) is 0 Å². The smallest absolute Gasteiger partial charge is 0.248 e. The van der Waals surface area contributed by atoms with Crippen LogP contribution in [0.4, 0.5) is 0 Å². The van der Waals surface area contributed by atoms with Gasteiger partial charge in [-0.25, -0.2) is 0 Å². The van der Waals surface area contributed by atoms with Gasteiger partial charge in [-0.15, -0.1) is 0 Å². The molecule has 3 rings (SSSR count). The standard InChI is InChI=1S/C17H28N2O4/c1-13(2)16(21)19-11-17(12-19)9-14(5-8-23-17)22-10-15(20)18-6-3-4-7-18/h13-14H,3-12H2,1-2H3/t14-/m1/s1. The van der Waals surface area contributed by atoms with E-state index in [1.54, 1.807) is 0 Å². The first-order chi connectivity index (χ1) is 11.0. The minimum absolute atomic E-state index is 0.0288. The Labute approximate surface area is 138 Å². The molecular weight excluding hydrogens is 296 g/mol. The van der Waals surface area contributed by atoms with E-state index >= 15 is 0 Å². The first-order valence-electron chi connectivity index (χ1n) is 8.81. The molecule has 0 aromatic heterocycles. The van der Waals surface area contributed by atoms with Crippen LogP contribution in [0.25, 0.3) is 0 Å².